The van der Waals surface area contributed by atoms with Crippen LogP contribution in [0.4, 0.5) is 0 Å². The second-order valence-corrected chi connectivity index (χ2v) is 4.64. The standard InChI is InChI=1S/C12H11BrO4/c1-16-9-3-2-7(13)6-8(9)12(15)10-4-5-11(14)17-10/h2-3,6,10H,4-5H2,1H3. The monoisotopic (exact) mass is 298 g/mol. The molecule has 1 aliphatic rings. The van der Waals surface area contributed by atoms with Crippen molar-refractivity contribution < 1.29 is 19.1 Å². The maximum Gasteiger partial charge on any atom is 0.306 e. The molecule has 0 bridgehead atoms. The van der Waals surface area contributed by atoms with E-state index in [4.69, 9.17) is 9.47 Å². The number of esters is 1. The number of halogens is 1. The number of methoxy groups -OCH3 is 1. The van der Waals surface area contributed by atoms with Crippen LogP contribution >= 0.6 is 15.9 Å². The van der Waals surface area contributed by atoms with Gasteiger partial charge in [0, 0.05) is 17.3 Å². The summed E-state index contributed by atoms with van der Waals surface area (Å²) in [6.45, 7) is 0. The Balaban J connectivity index is 2.29. The van der Waals surface area contributed by atoms with E-state index in [2.05, 4.69) is 15.9 Å². The highest BCUT2D eigenvalue weighted by molar-refractivity contribution is 9.10. The molecule has 17 heavy (non-hydrogen) atoms. The van der Waals surface area contributed by atoms with Crippen LogP contribution in [-0.4, -0.2) is 25.0 Å². The van der Waals surface area contributed by atoms with Crippen LogP contribution in [0.1, 0.15) is 23.2 Å². The molecule has 1 saturated heterocycles. The van der Waals surface area contributed by atoms with E-state index in [1.165, 1.54) is 7.11 Å². The van der Waals surface area contributed by atoms with Gasteiger partial charge in [-0.3, -0.25) is 9.59 Å². The molecular formula is C12H11BrO4. The van der Waals surface area contributed by atoms with Gasteiger partial charge in [-0.1, -0.05) is 15.9 Å². The van der Waals surface area contributed by atoms with Gasteiger partial charge in [0.2, 0.25) is 5.78 Å². The number of benzene rings is 1. The Labute approximate surface area is 107 Å². The molecular weight excluding hydrogens is 288 g/mol. The lowest BCUT2D eigenvalue weighted by Gasteiger charge is -2.11. The zero-order valence-corrected chi connectivity index (χ0v) is 10.8. The number of hydrogen-bond donors (Lipinski definition) is 0. The van der Waals surface area contributed by atoms with Crippen LogP contribution in [0.3, 0.4) is 0 Å². The van der Waals surface area contributed by atoms with Gasteiger partial charge in [-0.15, -0.1) is 0 Å². The predicted molar refractivity (Wildman–Crippen MR) is 64.1 cm³/mol. The molecule has 2 rings (SSSR count). The summed E-state index contributed by atoms with van der Waals surface area (Å²) in [6.07, 6.45) is 0.0609. The van der Waals surface area contributed by atoms with Crippen LogP contribution < -0.4 is 4.74 Å². The highest BCUT2D eigenvalue weighted by atomic mass is 79.9. The lowest BCUT2D eigenvalue weighted by atomic mass is 10.0. The maximum atomic E-state index is 12.1. The fourth-order valence-electron chi connectivity index (χ4n) is 1.76. The highest BCUT2D eigenvalue weighted by Gasteiger charge is 2.32. The van der Waals surface area contributed by atoms with Crippen LogP contribution in [0.2, 0.25) is 0 Å². The Morgan fingerprint density at radius 1 is 1.53 bits per heavy atom. The molecule has 5 heteroatoms. The van der Waals surface area contributed by atoms with Crippen molar-refractivity contribution in [1.29, 1.82) is 0 Å². The van der Waals surface area contributed by atoms with Gasteiger partial charge < -0.3 is 9.47 Å². The van der Waals surface area contributed by atoms with Crippen LogP contribution in [0.25, 0.3) is 0 Å². The number of cyclic esters (lactones) is 1. The summed E-state index contributed by atoms with van der Waals surface area (Å²) >= 11 is 3.30. The summed E-state index contributed by atoms with van der Waals surface area (Å²) in [7, 11) is 1.50. The van der Waals surface area contributed by atoms with Crippen molar-refractivity contribution in [2.75, 3.05) is 7.11 Å². The Morgan fingerprint density at radius 2 is 2.29 bits per heavy atom. The third kappa shape index (κ3) is 2.49. The average molecular weight is 299 g/mol. The molecule has 0 saturated carbocycles. The first kappa shape index (κ1) is 12.1. The van der Waals surface area contributed by atoms with E-state index in [0.29, 0.717) is 24.2 Å². The lowest BCUT2D eigenvalue weighted by Crippen LogP contribution is -2.21. The van der Waals surface area contributed by atoms with Gasteiger partial charge in [-0.05, 0) is 18.2 Å². The molecule has 0 amide bonds. The van der Waals surface area contributed by atoms with Gasteiger partial charge in [0.05, 0.1) is 12.7 Å². The fourth-order valence-corrected chi connectivity index (χ4v) is 2.12. The molecule has 0 aromatic heterocycles. The molecule has 4 nitrogen and oxygen atoms in total. The van der Waals surface area contributed by atoms with E-state index in [9.17, 15) is 9.59 Å². The summed E-state index contributed by atoms with van der Waals surface area (Å²) in [4.78, 5) is 23.1. The van der Waals surface area contributed by atoms with Crippen molar-refractivity contribution in [3.05, 3.63) is 28.2 Å². The molecule has 0 N–H and O–H groups in total. The van der Waals surface area contributed by atoms with Gasteiger partial charge in [0.15, 0.2) is 6.10 Å². The van der Waals surface area contributed by atoms with Gasteiger partial charge in [0.1, 0.15) is 5.75 Å². The van der Waals surface area contributed by atoms with E-state index >= 15 is 0 Å². The van der Waals surface area contributed by atoms with Crippen molar-refractivity contribution in [3.63, 3.8) is 0 Å². The van der Waals surface area contributed by atoms with Crippen LogP contribution in [-0.2, 0) is 9.53 Å². The first-order chi connectivity index (χ1) is 8.11. The molecule has 0 spiro atoms. The van der Waals surface area contributed by atoms with E-state index in [0.717, 1.165) is 4.47 Å². The number of rotatable bonds is 3. The number of carbonyl (C=O) groups is 2. The molecule has 1 unspecified atom stereocenters. The van der Waals surface area contributed by atoms with Crippen LogP contribution in [0.15, 0.2) is 22.7 Å². The topological polar surface area (TPSA) is 52.6 Å². The summed E-state index contributed by atoms with van der Waals surface area (Å²) in [6, 6.07) is 5.16. The highest BCUT2D eigenvalue weighted by Crippen LogP contribution is 2.27. The zero-order valence-electron chi connectivity index (χ0n) is 9.23. The van der Waals surface area contributed by atoms with Gasteiger partial charge in [-0.2, -0.15) is 0 Å². The van der Waals surface area contributed by atoms with Crippen molar-refractivity contribution in [1.82, 2.24) is 0 Å². The number of ketones is 1. The summed E-state index contributed by atoms with van der Waals surface area (Å²) in [5.74, 6) is -0.0486. The average Bonchev–Trinajstić information content (AvgIpc) is 2.75. The first-order valence-corrected chi connectivity index (χ1v) is 5.98. The minimum Gasteiger partial charge on any atom is -0.496 e. The van der Waals surface area contributed by atoms with Gasteiger partial charge >= 0.3 is 5.97 Å². The van der Waals surface area contributed by atoms with Crippen molar-refractivity contribution in [2.24, 2.45) is 0 Å². The third-order valence-electron chi connectivity index (χ3n) is 2.60. The lowest BCUT2D eigenvalue weighted by molar-refractivity contribution is -0.140. The smallest absolute Gasteiger partial charge is 0.306 e. The summed E-state index contributed by atoms with van der Waals surface area (Å²) in [5, 5.41) is 0. The molecule has 1 aromatic carbocycles. The predicted octanol–water partition coefficient (Wildman–Crippen LogP) is 2.35. The Kier molecular flexibility index (Phi) is 3.47. The normalized spacial score (nSPS) is 18.9. The summed E-state index contributed by atoms with van der Waals surface area (Å²) < 4.78 is 10.9. The van der Waals surface area contributed by atoms with Gasteiger partial charge in [-0.25, -0.2) is 0 Å². The number of carbonyl (C=O) groups excluding carboxylic acids is 2. The Morgan fingerprint density at radius 3 is 2.88 bits per heavy atom. The van der Waals surface area contributed by atoms with Crippen LogP contribution in [0.5, 0.6) is 5.75 Å². The van der Waals surface area contributed by atoms with Gasteiger partial charge in [0.25, 0.3) is 0 Å². The summed E-state index contributed by atoms with van der Waals surface area (Å²) in [5.41, 5.74) is 0.432. The van der Waals surface area contributed by atoms with E-state index in [-0.39, 0.29) is 11.8 Å². The van der Waals surface area contributed by atoms with E-state index in [1.807, 2.05) is 0 Å². The Bertz CT molecular complexity index is 470. The molecule has 90 valence electrons. The minimum atomic E-state index is -0.675. The van der Waals surface area contributed by atoms with Crippen LogP contribution in [0, 0.1) is 0 Å². The molecule has 1 heterocycles. The number of Topliss-reactive ketones (excluding diaryl/α,β-unsaturated/α-hetero) is 1. The zero-order chi connectivity index (χ0) is 12.4. The first-order valence-electron chi connectivity index (χ1n) is 5.19. The largest absolute Gasteiger partial charge is 0.496 e. The molecule has 0 radical (unpaired) electrons. The maximum absolute atomic E-state index is 12.1. The minimum absolute atomic E-state index is 0.214. The quantitative estimate of drug-likeness (QED) is 0.635. The molecule has 1 aromatic rings. The van der Waals surface area contributed by atoms with Crippen molar-refractivity contribution in [2.45, 2.75) is 18.9 Å². The second kappa shape index (κ2) is 4.87. The number of ether oxygens (including phenoxy) is 2. The van der Waals surface area contributed by atoms with E-state index in [1.54, 1.807) is 18.2 Å². The molecule has 1 aliphatic heterocycles. The van der Waals surface area contributed by atoms with Crippen molar-refractivity contribution in [3.8, 4) is 5.75 Å². The fraction of sp³-hybridized carbons (Fsp3) is 0.333. The SMILES string of the molecule is COc1ccc(Br)cc1C(=O)C1CCC(=O)O1. The van der Waals surface area contributed by atoms with Crippen molar-refractivity contribution >= 4 is 27.7 Å². The molecule has 0 aliphatic carbocycles. The Hall–Kier alpha value is -1.36. The molecule has 1 fully saturated rings. The number of hydrogen-bond acceptors (Lipinski definition) is 4. The molecule has 1 atom stereocenters. The van der Waals surface area contributed by atoms with E-state index < -0.39 is 6.10 Å². The second-order valence-electron chi connectivity index (χ2n) is 3.73. The third-order valence-corrected chi connectivity index (χ3v) is 3.10.